The van der Waals surface area contributed by atoms with Gasteiger partial charge in [-0.3, -0.25) is 0 Å². The van der Waals surface area contributed by atoms with E-state index in [0.29, 0.717) is 11.4 Å². The fourth-order valence-corrected chi connectivity index (χ4v) is 2.73. The molecule has 2 aromatic rings. The molecular weight excluding hydrogens is 290 g/mol. The summed E-state index contributed by atoms with van der Waals surface area (Å²) in [5, 5.41) is 11.7. The first-order valence-electron chi connectivity index (χ1n) is 6.65. The molecule has 2 aromatic carbocycles. The van der Waals surface area contributed by atoms with Crippen molar-refractivity contribution in [1.82, 2.24) is 5.32 Å². The third-order valence-corrected chi connectivity index (χ3v) is 3.68. The van der Waals surface area contributed by atoms with Gasteiger partial charge < -0.3 is 15.2 Å². The van der Waals surface area contributed by atoms with Crippen LogP contribution in [0.1, 0.15) is 5.56 Å². The summed E-state index contributed by atoms with van der Waals surface area (Å²) in [6.45, 7) is 0.277. The number of carbonyl (C=O) groups is 1. The van der Waals surface area contributed by atoms with Crippen molar-refractivity contribution in [3.05, 3.63) is 53.1 Å². The fourth-order valence-electron chi connectivity index (χ4n) is 2.54. The summed E-state index contributed by atoms with van der Waals surface area (Å²) < 4.78 is 5.91. The smallest absolute Gasteiger partial charge is 0.404 e. The zero-order chi connectivity index (χ0) is 14.8. The van der Waals surface area contributed by atoms with Gasteiger partial charge in [0.15, 0.2) is 0 Å². The monoisotopic (exact) mass is 303 g/mol. The van der Waals surface area contributed by atoms with Crippen LogP contribution in [-0.2, 0) is 6.42 Å². The number of nitrogens with one attached hydrogen (secondary N) is 1. The highest BCUT2D eigenvalue weighted by molar-refractivity contribution is 6.30. The zero-order valence-corrected chi connectivity index (χ0v) is 11.9. The van der Waals surface area contributed by atoms with Gasteiger partial charge in [-0.1, -0.05) is 41.9 Å². The molecule has 1 aliphatic heterocycles. The van der Waals surface area contributed by atoms with Crippen LogP contribution in [0.5, 0.6) is 5.75 Å². The first-order valence-corrected chi connectivity index (χ1v) is 7.02. The summed E-state index contributed by atoms with van der Waals surface area (Å²) in [5.41, 5.74) is 3.06. The number of carboxylic acid groups (broad SMARTS) is 1. The number of para-hydroxylation sites is 1. The summed E-state index contributed by atoms with van der Waals surface area (Å²) >= 11 is 6.04. The van der Waals surface area contributed by atoms with Crippen LogP contribution in [0.4, 0.5) is 4.79 Å². The zero-order valence-electron chi connectivity index (χ0n) is 11.2. The highest BCUT2D eigenvalue weighted by Gasteiger charge is 2.25. The van der Waals surface area contributed by atoms with Crippen LogP contribution in [0.2, 0.25) is 5.02 Å². The first-order chi connectivity index (χ1) is 10.1. The average Bonchev–Trinajstić information content (AvgIpc) is 2.88. The van der Waals surface area contributed by atoms with Gasteiger partial charge in [0.1, 0.15) is 11.9 Å². The summed E-state index contributed by atoms with van der Waals surface area (Å²) in [4.78, 5) is 10.6. The van der Waals surface area contributed by atoms with E-state index in [1.807, 2.05) is 42.5 Å². The molecule has 0 spiro atoms. The van der Waals surface area contributed by atoms with E-state index in [1.165, 1.54) is 0 Å². The second kappa shape index (κ2) is 5.66. The summed E-state index contributed by atoms with van der Waals surface area (Å²) in [5.74, 6) is 0.817. The van der Waals surface area contributed by atoms with Crippen LogP contribution < -0.4 is 10.1 Å². The molecule has 0 aromatic heterocycles. The Labute approximate surface area is 127 Å². The maximum atomic E-state index is 10.6. The van der Waals surface area contributed by atoms with Gasteiger partial charge in [-0.2, -0.15) is 0 Å². The molecule has 4 nitrogen and oxygen atoms in total. The van der Waals surface area contributed by atoms with Gasteiger partial charge in [0.05, 0.1) is 6.54 Å². The molecule has 21 heavy (non-hydrogen) atoms. The number of fused-ring (bicyclic) bond motifs is 1. The van der Waals surface area contributed by atoms with Crippen molar-refractivity contribution in [3.8, 4) is 16.9 Å². The third kappa shape index (κ3) is 2.95. The minimum Gasteiger partial charge on any atom is -0.487 e. The molecular formula is C16H14ClNO3. The van der Waals surface area contributed by atoms with Crippen molar-refractivity contribution in [2.75, 3.05) is 6.54 Å². The van der Waals surface area contributed by atoms with Crippen LogP contribution in [0, 0.1) is 0 Å². The van der Waals surface area contributed by atoms with Gasteiger partial charge in [-0.25, -0.2) is 4.79 Å². The molecule has 0 saturated carbocycles. The molecule has 0 bridgehead atoms. The standard InChI is InChI=1S/C16H14ClNO3/c17-12-5-1-3-10(7-12)14-6-2-4-11-8-13(21-15(11)14)9-18-16(19)20/h1-7,13,18H,8-9H2,(H,19,20). The predicted octanol–water partition coefficient (Wildman–Crippen LogP) is 3.58. The number of amides is 1. The molecule has 1 amide bonds. The molecule has 2 N–H and O–H groups in total. The lowest BCUT2D eigenvalue weighted by Crippen LogP contribution is -2.33. The van der Waals surface area contributed by atoms with E-state index in [2.05, 4.69) is 5.32 Å². The lowest BCUT2D eigenvalue weighted by Gasteiger charge is -2.12. The Bertz CT molecular complexity index is 687. The van der Waals surface area contributed by atoms with Crippen molar-refractivity contribution in [2.45, 2.75) is 12.5 Å². The normalized spacial score (nSPS) is 16.1. The van der Waals surface area contributed by atoms with Gasteiger partial charge in [-0.15, -0.1) is 0 Å². The van der Waals surface area contributed by atoms with Crippen LogP contribution in [0.3, 0.4) is 0 Å². The fraction of sp³-hybridized carbons (Fsp3) is 0.188. The largest absolute Gasteiger partial charge is 0.487 e. The molecule has 0 aliphatic carbocycles. The van der Waals surface area contributed by atoms with Crippen LogP contribution in [0.25, 0.3) is 11.1 Å². The van der Waals surface area contributed by atoms with Crippen molar-refractivity contribution in [2.24, 2.45) is 0 Å². The molecule has 0 saturated heterocycles. The number of ether oxygens (including phenoxy) is 1. The van der Waals surface area contributed by atoms with Crippen LogP contribution in [-0.4, -0.2) is 23.8 Å². The van der Waals surface area contributed by atoms with Crippen molar-refractivity contribution < 1.29 is 14.6 Å². The molecule has 1 heterocycles. The Morgan fingerprint density at radius 3 is 2.90 bits per heavy atom. The maximum absolute atomic E-state index is 10.6. The number of halogens is 1. The van der Waals surface area contributed by atoms with E-state index >= 15 is 0 Å². The predicted molar refractivity (Wildman–Crippen MR) is 81.0 cm³/mol. The highest BCUT2D eigenvalue weighted by atomic mass is 35.5. The number of rotatable bonds is 3. The minimum absolute atomic E-state index is 0.170. The van der Waals surface area contributed by atoms with E-state index < -0.39 is 6.09 Å². The van der Waals surface area contributed by atoms with Gasteiger partial charge in [0, 0.05) is 17.0 Å². The summed E-state index contributed by atoms with van der Waals surface area (Å²) in [6.07, 6.45) is -0.509. The molecule has 1 atom stereocenters. The van der Waals surface area contributed by atoms with E-state index in [0.717, 1.165) is 22.4 Å². The Morgan fingerprint density at radius 1 is 1.33 bits per heavy atom. The Morgan fingerprint density at radius 2 is 2.14 bits per heavy atom. The third-order valence-electron chi connectivity index (χ3n) is 3.45. The number of hydrogen-bond donors (Lipinski definition) is 2. The van der Waals surface area contributed by atoms with Gasteiger partial charge in [0.2, 0.25) is 0 Å². The average molecular weight is 304 g/mol. The molecule has 5 heteroatoms. The van der Waals surface area contributed by atoms with Crippen molar-refractivity contribution >= 4 is 17.7 Å². The van der Waals surface area contributed by atoms with E-state index in [9.17, 15) is 4.79 Å². The maximum Gasteiger partial charge on any atom is 0.404 e. The van der Waals surface area contributed by atoms with Gasteiger partial charge in [0.25, 0.3) is 0 Å². The van der Waals surface area contributed by atoms with Gasteiger partial charge >= 0.3 is 6.09 Å². The Balaban J connectivity index is 1.88. The van der Waals surface area contributed by atoms with Crippen LogP contribution in [0.15, 0.2) is 42.5 Å². The highest BCUT2D eigenvalue weighted by Crippen LogP contribution is 2.39. The number of benzene rings is 2. The summed E-state index contributed by atoms with van der Waals surface area (Å²) in [6, 6.07) is 13.6. The number of hydrogen-bond acceptors (Lipinski definition) is 2. The Kier molecular flexibility index (Phi) is 3.71. The molecule has 108 valence electrons. The van der Waals surface area contributed by atoms with E-state index in [-0.39, 0.29) is 12.6 Å². The molecule has 0 fully saturated rings. The lowest BCUT2D eigenvalue weighted by molar-refractivity contribution is 0.181. The van der Waals surface area contributed by atoms with Crippen molar-refractivity contribution in [1.29, 1.82) is 0 Å². The van der Waals surface area contributed by atoms with Crippen molar-refractivity contribution in [3.63, 3.8) is 0 Å². The Hall–Kier alpha value is -2.20. The van der Waals surface area contributed by atoms with E-state index in [1.54, 1.807) is 0 Å². The van der Waals surface area contributed by atoms with E-state index in [4.69, 9.17) is 21.4 Å². The quantitative estimate of drug-likeness (QED) is 0.911. The van der Waals surface area contributed by atoms with Gasteiger partial charge in [-0.05, 0) is 23.3 Å². The first kappa shape index (κ1) is 13.8. The minimum atomic E-state index is -1.04. The molecule has 1 aliphatic rings. The molecule has 3 rings (SSSR count). The lowest BCUT2D eigenvalue weighted by atomic mass is 10.0. The molecule has 0 radical (unpaired) electrons. The second-order valence-corrected chi connectivity index (χ2v) is 5.37. The SMILES string of the molecule is O=C(O)NCC1Cc2cccc(-c3cccc(Cl)c3)c2O1. The topological polar surface area (TPSA) is 58.6 Å². The van der Waals surface area contributed by atoms with Crippen LogP contribution >= 0.6 is 11.6 Å². The summed E-state index contributed by atoms with van der Waals surface area (Å²) in [7, 11) is 0. The second-order valence-electron chi connectivity index (χ2n) is 4.93. The molecule has 1 unspecified atom stereocenters.